The van der Waals surface area contributed by atoms with Gasteiger partial charge in [-0.25, -0.2) is 0 Å². The van der Waals surface area contributed by atoms with Gasteiger partial charge in [0.1, 0.15) is 5.69 Å². The van der Waals surface area contributed by atoms with Crippen molar-refractivity contribution in [1.29, 1.82) is 0 Å². The molecule has 19 heavy (non-hydrogen) atoms. The predicted molar refractivity (Wildman–Crippen MR) is 76.3 cm³/mol. The van der Waals surface area contributed by atoms with Gasteiger partial charge in [-0.2, -0.15) is 5.10 Å². The van der Waals surface area contributed by atoms with E-state index in [2.05, 4.69) is 20.1 Å². The van der Waals surface area contributed by atoms with Crippen LogP contribution in [0.2, 0.25) is 0 Å². The molecule has 100 valence electrons. The van der Waals surface area contributed by atoms with Crippen molar-refractivity contribution >= 4 is 12.2 Å². The minimum atomic E-state index is 0.667. The molecule has 0 saturated carbocycles. The SMILES string of the molecule is S=c1[nH]nc(-c2ccccn2)n1CCN1CCCC1. The molecule has 1 saturated heterocycles. The van der Waals surface area contributed by atoms with Gasteiger partial charge in [-0.3, -0.25) is 14.6 Å². The van der Waals surface area contributed by atoms with E-state index in [1.165, 1.54) is 25.9 Å². The lowest BCUT2D eigenvalue weighted by Crippen LogP contribution is -2.24. The van der Waals surface area contributed by atoms with Crippen LogP contribution >= 0.6 is 12.2 Å². The maximum absolute atomic E-state index is 5.31. The summed E-state index contributed by atoms with van der Waals surface area (Å²) >= 11 is 5.31. The van der Waals surface area contributed by atoms with Crippen molar-refractivity contribution in [2.75, 3.05) is 19.6 Å². The molecule has 1 fully saturated rings. The topological polar surface area (TPSA) is 49.7 Å². The Morgan fingerprint density at radius 1 is 1.21 bits per heavy atom. The van der Waals surface area contributed by atoms with Crippen LogP contribution in [0, 0.1) is 4.77 Å². The van der Waals surface area contributed by atoms with Gasteiger partial charge in [0.25, 0.3) is 0 Å². The Labute approximate surface area is 117 Å². The summed E-state index contributed by atoms with van der Waals surface area (Å²) in [4.78, 5) is 6.81. The molecule has 1 aliphatic heterocycles. The fourth-order valence-corrected chi connectivity index (χ4v) is 2.69. The van der Waals surface area contributed by atoms with E-state index in [1.807, 2.05) is 22.8 Å². The highest BCUT2D eigenvalue weighted by Crippen LogP contribution is 2.14. The van der Waals surface area contributed by atoms with Gasteiger partial charge in [0.2, 0.25) is 0 Å². The van der Waals surface area contributed by atoms with Crippen molar-refractivity contribution < 1.29 is 0 Å². The lowest BCUT2D eigenvalue weighted by atomic mass is 10.3. The van der Waals surface area contributed by atoms with E-state index in [1.54, 1.807) is 6.20 Å². The fraction of sp³-hybridized carbons (Fsp3) is 0.462. The van der Waals surface area contributed by atoms with Gasteiger partial charge >= 0.3 is 0 Å². The molecule has 2 aromatic heterocycles. The van der Waals surface area contributed by atoms with Gasteiger partial charge in [-0.1, -0.05) is 6.07 Å². The van der Waals surface area contributed by atoms with E-state index in [4.69, 9.17) is 12.2 Å². The summed E-state index contributed by atoms with van der Waals surface area (Å²) in [5, 5.41) is 7.16. The molecule has 0 unspecified atom stereocenters. The summed E-state index contributed by atoms with van der Waals surface area (Å²) in [5.74, 6) is 0.824. The highest BCUT2D eigenvalue weighted by molar-refractivity contribution is 7.71. The Morgan fingerprint density at radius 2 is 2.05 bits per heavy atom. The average molecular weight is 275 g/mol. The number of nitrogens with zero attached hydrogens (tertiary/aromatic N) is 4. The average Bonchev–Trinajstić information content (AvgIpc) is 3.07. The van der Waals surface area contributed by atoms with Gasteiger partial charge in [0, 0.05) is 19.3 Å². The zero-order valence-electron chi connectivity index (χ0n) is 10.7. The molecule has 0 aliphatic carbocycles. The molecule has 0 radical (unpaired) electrons. The first-order chi connectivity index (χ1) is 9.34. The van der Waals surface area contributed by atoms with Crippen molar-refractivity contribution in [3.8, 4) is 11.5 Å². The molecular weight excluding hydrogens is 258 g/mol. The first-order valence-electron chi connectivity index (χ1n) is 6.63. The molecule has 0 aromatic carbocycles. The molecular formula is C13H17N5S. The highest BCUT2D eigenvalue weighted by Gasteiger charge is 2.14. The summed E-state index contributed by atoms with van der Waals surface area (Å²) in [6.07, 6.45) is 4.39. The number of H-pyrrole nitrogens is 1. The molecule has 3 rings (SSSR count). The zero-order valence-corrected chi connectivity index (χ0v) is 11.6. The van der Waals surface area contributed by atoms with Gasteiger partial charge in [0.15, 0.2) is 10.6 Å². The first-order valence-corrected chi connectivity index (χ1v) is 7.04. The maximum Gasteiger partial charge on any atom is 0.195 e. The van der Waals surface area contributed by atoms with Crippen LogP contribution in [-0.2, 0) is 6.54 Å². The highest BCUT2D eigenvalue weighted by atomic mass is 32.1. The summed E-state index contributed by atoms with van der Waals surface area (Å²) < 4.78 is 2.70. The van der Waals surface area contributed by atoms with Crippen LogP contribution < -0.4 is 0 Å². The molecule has 0 amide bonds. The molecule has 1 aliphatic rings. The molecule has 2 aromatic rings. The molecule has 0 bridgehead atoms. The summed E-state index contributed by atoms with van der Waals surface area (Å²) in [7, 11) is 0. The largest absolute Gasteiger partial charge is 0.302 e. The number of nitrogens with one attached hydrogen (secondary N) is 1. The number of hydrogen-bond acceptors (Lipinski definition) is 4. The molecule has 1 N–H and O–H groups in total. The van der Waals surface area contributed by atoms with E-state index >= 15 is 0 Å². The quantitative estimate of drug-likeness (QED) is 0.868. The smallest absolute Gasteiger partial charge is 0.195 e. The van der Waals surface area contributed by atoms with Crippen molar-refractivity contribution in [3.63, 3.8) is 0 Å². The second-order valence-electron chi connectivity index (χ2n) is 4.77. The van der Waals surface area contributed by atoms with E-state index in [0.29, 0.717) is 4.77 Å². The zero-order chi connectivity index (χ0) is 13.1. The van der Waals surface area contributed by atoms with Crippen LogP contribution in [-0.4, -0.2) is 44.3 Å². The predicted octanol–water partition coefficient (Wildman–Crippen LogP) is 2.10. The van der Waals surface area contributed by atoms with Crippen LogP contribution in [0.4, 0.5) is 0 Å². The van der Waals surface area contributed by atoms with Crippen LogP contribution in [0.25, 0.3) is 11.5 Å². The summed E-state index contributed by atoms with van der Waals surface area (Å²) in [6, 6.07) is 5.82. The van der Waals surface area contributed by atoms with Crippen LogP contribution in [0.5, 0.6) is 0 Å². The van der Waals surface area contributed by atoms with Crippen LogP contribution in [0.15, 0.2) is 24.4 Å². The third-order valence-corrected chi connectivity index (χ3v) is 3.80. The number of hydrogen-bond donors (Lipinski definition) is 1. The molecule has 5 nitrogen and oxygen atoms in total. The third kappa shape index (κ3) is 2.74. The van der Waals surface area contributed by atoms with Gasteiger partial charge in [-0.15, -0.1) is 0 Å². The monoisotopic (exact) mass is 275 g/mol. The second-order valence-corrected chi connectivity index (χ2v) is 5.15. The standard InChI is InChI=1S/C13H17N5S/c19-13-16-15-12(11-5-1-2-6-14-11)18(13)10-9-17-7-3-4-8-17/h1-2,5-6H,3-4,7-10H2,(H,16,19). The Kier molecular flexibility index (Phi) is 3.70. The van der Waals surface area contributed by atoms with E-state index < -0.39 is 0 Å². The normalized spacial score (nSPS) is 16.0. The number of aromatic nitrogens is 4. The number of likely N-dealkylation sites (tertiary alicyclic amines) is 1. The van der Waals surface area contributed by atoms with Crippen molar-refractivity contribution in [1.82, 2.24) is 24.6 Å². The number of pyridine rings is 1. The van der Waals surface area contributed by atoms with Crippen molar-refractivity contribution in [3.05, 3.63) is 29.2 Å². The Hall–Kier alpha value is -1.53. The molecule has 6 heteroatoms. The second kappa shape index (κ2) is 5.63. The molecule has 0 spiro atoms. The fourth-order valence-electron chi connectivity index (χ4n) is 2.46. The minimum Gasteiger partial charge on any atom is -0.302 e. The maximum atomic E-state index is 5.31. The number of aromatic amines is 1. The number of rotatable bonds is 4. The lowest BCUT2D eigenvalue weighted by molar-refractivity contribution is 0.322. The Bertz CT molecular complexity index is 583. The van der Waals surface area contributed by atoms with Gasteiger partial charge in [-0.05, 0) is 50.3 Å². The Balaban J connectivity index is 1.80. The van der Waals surface area contributed by atoms with Crippen molar-refractivity contribution in [2.45, 2.75) is 19.4 Å². The molecule has 0 atom stereocenters. The van der Waals surface area contributed by atoms with Crippen LogP contribution in [0.3, 0.4) is 0 Å². The Morgan fingerprint density at radius 3 is 2.79 bits per heavy atom. The van der Waals surface area contributed by atoms with Gasteiger partial charge < -0.3 is 4.90 Å². The third-order valence-electron chi connectivity index (χ3n) is 3.49. The van der Waals surface area contributed by atoms with E-state index in [0.717, 1.165) is 24.6 Å². The van der Waals surface area contributed by atoms with E-state index in [-0.39, 0.29) is 0 Å². The van der Waals surface area contributed by atoms with Crippen LogP contribution in [0.1, 0.15) is 12.8 Å². The molecule has 3 heterocycles. The summed E-state index contributed by atoms with van der Waals surface area (Å²) in [5.41, 5.74) is 0.858. The lowest BCUT2D eigenvalue weighted by Gasteiger charge is -2.15. The van der Waals surface area contributed by atoms with E-state index in [9.17, 15) is 0 Å². The first kappa shape index (κ1) is 12.5. The summed E-state index contributed by atoms with van der Waals surface area (Å²) in [6.45, 7) is 4.28. The van der Waals surface area contributed by atoms with Crippen molar-refractivity contribution in [2.24, 2.45) is 0 Å². The van der Waals surface area contributed by atoms with Gasteiger partial charge in [0.05, 0.1) is 0 Å². The minimum absolute atomic E-state index is 0.667.